The molecule has 2 rings (SSSR count). The van der Waals surface area contributed by atoms with Crippen molar-refractivity contribution in [1.29, 1.82) is 0 Å². The number of aryl methyl sites for hydroxylation is 1. The van der Waals surface area contributed by atoms with Gasteiger partial charge in [0.05, 0.1) is 6.61 Å². The zero-order chi connectivity index (χ0) is 14.2. The summed E-state index contributed by atoms with van der Waals surface area (Å²) in [6, 6.07) is 16.8. The Bertz CT molecular complexity index is 605. The van der Waals surface area contributed by atoms with Gasteiger partial charge in [-0.25, -0.2) is 0 Å². The molecule has 0 bridgehead atoms. The van der Waals surface area contributed by atoms with Gasteiger partial charge in [-0.2, -0.15) is 0 Å². The minimum Gasteiger partial charge on any atom is -0.395 e. The van der Waals surface area contributed by atoms with Crippen molar-refractivity contribution in [3.63, 3.8) is 0 Å². The van der Waals surface area contributed by atoms with Gasteiger partial charge < -0.3 is 5.11 Å². The van der Waals surface area contributed by atoms with Gasteiger partial charge in [-0.05, 0) is 30.7 Å². The first-order chi connectivity index (χ1) is 9.79. The number of aliphatic hydroxyl groups excluding tert-OH is 1. The largest absolute Gasteiger partial charge is 0.395 e. The molecule has 0 atom stereocenters. The molecule has 0 radical (unpaired) electrons. The summed E-state index contributed by atoms with van der Waals surface area (Å²) in [6.45, 7) is 2.22. The second-order valence-corrected chi connectivity index (χ2v) is 5.58. The number of benzene rings is 2. The van der Waals surface area contributed by atoms with Gasteiger partial charge >= 0.3 is 0 Å². The highest BCUT2D eigenvalue weighted by atomic mass is 32.2. The van der Waals surface area contributed by atoms with Gasteiger partial charge in [0, 0.05) is 22.6 Å². The van der Waals surface area contributed by atoms with E-state index in [-0.39, 0.29) is 6.61 Å². The molecule has 0 unspecified atom stereocenters. The van der Waals surface area contributed by atoms with Gasteiger partial charge in [0.1, 0.15) is 0 Å². The van der Waals surface area contributed by atoms with Crippen molar-refractivity contribution >= 4 is 11.8 Å². The molecule has 2 aromatic rings. The van der Waals surface area contributed by atoms with Crippen LogP contribution in [0.4, 0.5) is 0 Å². The van der Waals surface area contributed by atoms with Gasteiger partial charge in [0.15, 0.2) is 0 Å². The molecule has 0 aromatic heterocycles. The van der Waals surface area contributed by atoms with E-state index in [2.05, 4.69) is 49.1 Å². The smallest absolute Gasteiger partial charge is 0.0540 e. The molecule has 2 aromatic carbocycles. The molecule has 0 heterocycles. The summed E-state index contributed by atoms with van der Waals surface area (Å²) in [5, 5.41) is 8.78. The molecule has 102 valence electrons. The molecule has 2 heteroatoms. The number of hydrogen-bond donors (Lipinski definition) is 1. The summed E-state index contributed by atoms with van der Waals surface area (Å²) < 4.78 is 0. The third kappa shape index (κ3) is 4.45. The van der Waals surface area contributed by atoms with Crippen LogP contribution in [0.15, 0.2) is 53.4 Å². The van der Waals surface area contributed by atoms with Crippen LogP contribution >= 0.6 is 11.8 Å². The monoisotopic (exact) mass is 282 g/mol. The summed E-state index contributed by atoms with van der Waals surface area (Å²) >= 11 is 1.82. The topological polar surface area (TPSA) is 20.2 Å². The van der Waals surface area contributed by atoms with Crippen LogP contribution in [0.3, 0.4) is 0 Å². The lowest BCUT2D eigenvalue weighted by atomic mass is 10.1. The standard InChI is InChI=1S/C18H18OS/c1-15-9-11-18(12-10-15)20-14-17-8-3-2-6-16(17)7-4-5-13-19/h2-3,6,8-12,19H,5,13-14H2,1H3. The quantitative estimate of drug-likeness (QED) is 0.675. The molecular formula is C18H18OS. The third-order valence-corrected chi connectivity index (χ3v) is 3.95. The molecule has 1 N–H and O–H groups in total. The Balaban J connectivity index is 2.06. The lowest BCUT2D eigenvalue weighted by molar-refractivity contribution is 0.305. The minimum atomic E-state index is 0.118. The molecule has 0 fully saturated rings. The van der Waals surface area contributed by atoms with Crippen LogP contribution in [0.1, 0.15) is 23.1 Å². The second-order valence-electron chi connectivity index (χ2n) is 4.53. The van der Waals surface area contributed by atoms with Crippen molar-refractivity contribution in [2.45, 2.75) is 24.0 Å². The molecule has 0 aliphatic carbocycles. The molecule has 0 spiro atoms. The van der Waals surface area contributed by atoms with E-state index in [0.717, 1.165) is 11.3 Å². The zero-order valence-corrected chi connectivity index (χ0v) is 12.4. The number of thioether (sulfide) groups is 1. The maximum atomic E-state index is 8.78. The van der Waals surface area contributed by atoms with Crippen molar-refractivity contribution in [1.82, 2.24) is 0 Å². The Morgan fingerprint density at radius 2 is 1.80 bits per heavy atom. The average molecular weight is 282 g/mol. The summed E-state index contributed by atoms with van der Waals surface area (Å²) in [5.41, 5.74) is 3.58. The van der Waals surface area contributed by atoms with Crippen molar-refractivity contribution in [3.8, 4) is 11.8 Å². The van der Waals surface area contributed by atoms with Gasteiger partial charge in [-0.15, -0.1) is 11.8 Å². The van der Waals surface area contributed by atoms with Crippen LogP contribution in [-0.2, 0) is 5.75 Å². The Morgan fingerprint density at radius 3 is 2.55 bits per heavy atom. The fourth-order valence-corrected chi connectivity index (χ4v) is 2.68. The highest BCUT2D eigenvalue weighted by Gasteiger charge is 2.00. The summed E-state index contributed by atoms with van der Waals surface area (Å²) in [4.78, 5) is 1.27. The predicted octanol–water partition coefficient (Wildman–Crippen LogP) is 4.02. The molecule has 1 nitrogen and oxygen atoms in total. The van der Waals surface area contributed by atoms with E-state index < -0.39 is 0 Å². The first-order valence-electron chi connectivity index (χ1n) is 6.66. The number of rotatable bonds is 4. The van der Waals surface area contributed by atoms with Crippen LogP contribution in [0.5, 0.6) is 0 Å². The van der Waals surface area contributed by atoms with E-state index in [1.807, 2.05) is 30.0 Å². The highest BCUT2D eigenvalue weighted by molar-refractivity contribution is 7.98. The van der Waals surface area contributed by atoms with E-state index in [9.17, 15) is 0 Å². The molecule has 0 aliphatic heterocycles. The van der Waals surface area contributed by atoms with Crippen molar-refractivity contribution in [2.24, 2.45) is 0 Å². The first-order valence-corrected chi connectivity index (χ1v) is 7.65. The van der Waals surface area contributed by atoms with E-state index in [1.54, 1.807) is 0 Å². The maximum Gasteiger partial charge on any atom is 0.0540 e. The first kappa shape index (κ1) is 14.7. The second kappa shape index (κ2) is 7.79. The van der Waals surface area contributed by atoms with Gasteiger partial charge in [0.2, 0.25) is 0 Å². The predicted molar refractivity (Wildman–Crippen MR) is 85.8 cm³/mol. The van der Waals surface area contributed by atoms with Crippen LogP contribution in [0.25, 0.3) is 0 Å². The van der Waals surface area contributed by atoms with Gasteiger partial charge in [-0.3, -0.25) is 0 Å². The Labute approximate surface area is 125 Å². The number of aliphatic hydroxyl groups is 1. The fourth-order valence-electron chi connectivity index (χ4n) is 1.78. The average Bonchev–Trinajstić information content (AvgIpc) is 2.48. The highest BCUT2D eigenvalue weighted by Crippen LogP contribution is 2.24. The lowest BCUT2D eigenvalue weighted by Crippen LogP contribution is -1.87. The molecule has 0 saturated carbocycles. The summed E-state index contributed by atoms with van der Waals surface area (Å²) in [7, 11) is 0. The Morgan fingerprint density at radius 1 is 1.05 bits per heavy atom. The summed E-state index contributed by atoms with van der Waals surface area (Å²) in [5.74, 6) is 7.03. The van der Waals surface area contributed by atoms with Crippen LogP contribution in [0, 0.1) is 18.8 Å². The Kier molecular flexibility index (Phi) is 5.73. The molecule has 20 heavy (non-hydrogen) atoms. The number of hydrogen-bond acceptors (Lipinski definition) is 2. The lowest BCUT2D eigenvalue weighted by Gasteiger charge is -2.05. The third-order valence-electron chi connectivity index (χ3n) is 2.89. The molecule has 0 saturated heterocycles. The van der Waals surface area contributed by atoms with Crippen LogP contribution in [-0.4, -0.2) is 11.7 Å². The Hall–Kier alpha value is -1.69. The van der Waals surface area contributed by atoms with Crippen molar-refractivity contribution in [3.05, 3.63) is 65.2 Å². The van der Waals surface area contributed by atoms with E-state index in [0.29, 0.717) is 6.42 Å². The van der Waals surface area contributed by atoms with Crippen LogP contribution in [0.2, 0.25) is 0 Å². The maximum absolute atomic E-state index is 8.78. The van der Waals surface area contributed by atoms with Crippen LogP contribution < -0.4 is 0 Å². The minimum absolute atomic E-state index is 0.118. The van der Waals surface area contributed by atoms with Crippen molar-refractivity contribution in [2.75, 3.05) is 6.61 Å². The molecule has 0 aliphatic rings. The van der Waals surface area contributed by atoms with Gasteiger partial charge in [-0.1, -0.05) is 47.7 Å². The summed E-state index contributed by atoms with van der Waals surface area (Å²) in [6.07, 6.45) is 0.527. The van der Waals surface area contributed by atoms with E-state index in [4.69, 9.17) is 5.11 Å². The van der Waals surface area contributed by atoms with E-state index in [1.165, 1.54) is 16.0 Å². The fraction of sp³-hybridized carbons (Fsp3) is 0.222. The zero-order valence-electron chi connectivity index (χ0n) is 11.6. The van der Waals surface area contributed by atoms with Gasteiger partial charge in [0.25, 0.3) is 0 Å². The normalized spacial score (nSPS) is 9.90. The van der Waals surface area contributed by atoms with Crippen molar-refractivity contribution < 1.29 is 5.11 Å². The molecular weight excluding hydrogens is 264 g/mol. The SMILES string of the molecule is Cc1ccc(SCc2ccccc2C#CCCO)cc1. The van der Waals surface area contributed by atoms with E-state index >= 15 is 0 Å². The molecule has 0 amide bonds.